The van der Waals surface area contributed by atoms with Gasteiger partial charge in [-0.1, -0.05) is 0 Å². The summed E-state index contributed by atoms with van der Waals surface area (Å²) in [6.45, 7) is 0. The van der Waals surface area contributed by atoms with Crippen molar-refractivity contribution in [1.29, 1.82) is 0 Å². The number of hydrogen-bond donors (Lipinski definition) is 2. The Bertz CT molecular complexity index is 565. The average molecular weight is 267 g/mol. The van der Waals surface area contributed by atoms with Gasteiger partial charge >= 0.3 is 5.97 Å². The zero-order valence-electron chi connectivity index (χ0n) is 9.27. The molecule has 94 valence electrons. The van der Waals surface area contributed by atoms with Crippen LogP contribution in [0.4, 0.5) is 0 Å². The molecule has 0 saturated heterocycles. The van der Waals surface area contributed by atoms with Crippen molar-refractivity contribution in [3.63, 3.8) is 0 Å². The van der Waals surface area contributed by atoms with E-state index in [-0.39, 0.29) is 5.69 Å². The van der Waals surface area contributed by atoms with Crippen LogP contribution in [-0.2, 0) is 11.8 Å². The summed E-state index contributed by atoms with van der Waals surface area (Å²) < 4.78 is 8.87. The van der Waals surface area contributed by atoms with E-state index in [1.54, 1.807) is 7.05 Å². The molecule has 1 atom stereocenters. The van der Waals surface area contributed by atoms with Crippen LogP contribution >= 0.6 is 11.7 Å². The molecule has 0 aliphatic heterocycles. The fraction of sp³-hybridized carbons (Fsp3) is 0.222. The number of aromatic nitrogens is 4. The van der Waals surface area contributed by atoms with Gasteiger partial charge in [0.15, 0.2) is 11.7 Å². The van der Waals surface area contributed by atoms with Crippen LogP contribution in [0.25, 0.3) is 0 Å². The first-order valence-electron chi connectivity index (χ1n) is 4.87. The topological polar surface area (TPSA) is 110 Å². The molecule has 0 saturated carbocycles. The molecule has 0 aromatic carbocycles. The summed E-state index contributed by atoms with van der Waals surface area (Å²) in [7, 11) is 1.66. The molecule has 0 radical (unpaired) electrons. The predicted octanol–water partition coefficient (Wildman–Crippen LogP) is -0.173. The second-order valence-corrected chi connectivity index (χ2v) is 4.04. The Kier molecular flexibility index (Phi) is 3.33. The molecule has 0 aliphatic carbocycles. The maximum absolute atomic E-state index is 11.7. The van der Waals surface area contributed by atoms with Crippen LogP contribution in [0.2, 0.25) is 0 Å². The lowest BCUT2D eigenvalue weighted by atomic mass is 10.1. The quantitative estimate of drug-likeness (QED) is 0.795. The summed E-state index contributed by atoms with van der Waals surface area (Å²) in [6.07, 6.45) is 4.19. The first kappa shape index (κ1) is 12.2. The second kappa shape index (κ2) is 4.92. The zero-order chi connectivity index (χ0) is 13.1. The third kappa shape index (κ3) is 2.51. The molecule has 2 aromatic rings. The largest absolute Gasteiger partial charge is 0.479 e. The number of rotatable bonds is 4. The van der Waals surface area contributed by atoms with Gasteiger partial charge in [-0.15, -0.1) is 0 Å². The van der Waals surface area contributed by atoms with Crippen LogP contribution < -0.4 is 5.32 Å². The molecule has 1 amide bonds. The standard InChI is InChI=1S/C9H9N5O3S/c1-14-4-5(2-10-14)7(9(16)17)12-8(15)6-3-11-18-13-6/h2-4,7H,1H3,(H,12,15)(H,16,17). The Labute approximate surface area is 106 Å². The molecule has 18 heavy (non-hydrogen) atoms. The highest BCUT2D eigenvalue weighted by Crippen LogP contribution is 2.12. The van der Waals surface area contributed by atoms with Crippen molar-refractivity contribution in [1.82, 2.24) is 23.8 Å². The minimum absolute atomic E-state index is 0.0927. The number of aryl methyl sites for hydroxylation is 1. The summed E-state index contributed by atoms with van der Waals surface area (Å²) >= 11 is 0.879. The van der Waals surface area contributed by atoms with E-state index in [9.17, 15) is 9.59 Å². The fourth-order valence-corrected chi connectivity index (χ4v) is 1.76. The molecular weight excluding hydrogens is 258 g/mol. The summed E-state index contributed by atoms with van der Waals surface area (Å²) in [5.74, 6) is -1.75. The third-order valence-electron chi connectivity index (χ3n) is 2.17. The van der Waals surface area contributed by atoms with E-state index in [2.05, 4.69) is 19.2 Å². The zero-order valence-corrected chi connectivity index (χ0v) is 10.1. The predicted molar refractivity (Wildman–Crippen MR) is 61.0 cm³/mol. The average Bonchev–Trinajstić information content (AvgIpc) is 2.95. The monoisotopic (exact) mass is 267 g/mol. The number of hydrogen-bond acceptors (Lipinski definition) is 6. The van der Waals surface area contributed by atoms with Crippen molar-refractivity contribution in [3.8, 4) is 0 Å². The van der Waals surface area contributed by atoms with E-state index in [4.69, 9.17) is 5.11 Å². The number of aliphatic carboxylic acids is 1. The highest BCUT2D eigenvalue weighted by molar-refractivity contribution is 6.99. The lowest BCUT2D eigenvalue weighted by Crippen LogP contribution is -2.33. The van der Waals surface area contributed by atoms with Crippen LogP contribution in [0.15, 0.2) is 18.6 Å². The van der Waals surface area contributed by atoms with Crippen molar-refractivity contribution in [2.24, 2.45) is 7.05 Å². The lowest BCUT2D eigenvalue weighted by Gasteiger charge is -2.11. The lowest BCUT2D eigenvalue weighted by molar-refractivity contribution is -0.139. The number of carboxylic acids is 1. The Morgan fingerprint density at radius 1 is 1.50 bits per heavy atom. The van der Waals surface area contributed by atoms with Crippen molar-refractivity contribution < 1.29 is 14.7 Å². The summed E-state index contributed by atoms with van der Waals surface area (Å²) in [5, 5.41) is 15.3. The third-order valence-corrected chi connectivity index (χ3v) is 2.65. The van der Waals surface area contributed by atoms with Gasteiger partial charge in [-0.3, -0.25) is 9.48 Å². The van der Waals surface area contributed by atoms with Gasteiger partial charge in [0.1, 0.15) is 0 Å². The fourth-order valence-electron chi connectivity index (χ4n) is 1.35. The van der Waals surface area contributed by atoms with E-state index in [1.165, 1.54) is 23.3 Å². The normalized spacial score (nSPS) is 12.1. The smallest absolute Gasteiger partial charge is 0.331 e. The van der Waals surface area contributed by atoms with Gasteiger partial charge in [-0.25, -0.2) is 4.79 Å². The van der Waals surface area contributed by atoms with E-state index < -0.39 is 17.9 Å². The van der Waals surface area contributed by atoms with Gasteiger partial charge in [0.2, 0.25) is 0 Å². The Morgan fingerprint density at radius 2 is 2.28 bits per heavy atom. The number of nitrogens with one attached hydrogen (secondary N) is 1. The van der Waals surface area contributed by atoms with Crippen LogP contribution in [0, 0.1) is 0 Å². The van der Waals surface area contributed by atoms with E-state index >= 15 is 0 Å². The number of amides is 1. The van der Waals surface area contributed by atoms with Crippen molar-refractivity contribution >= 4 is 23.6 Å². The molecule has 0 aliphatic rings. The van der Waals surface area contributed by atoms with E-state index in [0.717, 1.165) is 11.7 Å². The first-order valence-corrected chi connectivity index (χ1v) is 5.60. The van der Waals surface area contributed by atoms with Crippen LogP contribution in [-0.4, -0.2) is 35.5 Å². The Balaban J connectivity index is 2.17. The minimum Gasteiger partial charge on any atom is -0.479 e. The van der Waals surface area contributed by atoms with Gasteiger partial charge in [0.25, 0.3) is 5.91 Å². The van der Waals surface area contributed by atoms with Gasteiger partial charge in [-0.05, 0) is 0 Å². The molecule has 1 unspecified atom stereocenters. The highest BCUT2D eigenvalue weighted by Gasteiger charge is 2.24. The van der Waals surface area contributed by atoms with Crippen LogP contribution in [0.3, 0.4) is 0 Å². The molecule has 2 rings (SSSR count). The molecular formula is C9H9N5O3S. The van der Waals surface area contributed by atoms with Gasteiger partial charge in [0.05, 0.1) is 24.1 Å². The first-order chi connectivity index (χ1) is 8.58. The Morgan fingerprint density at radius 3 is 2.78 bits per heavy atom. The highest BCUT2D eigenvalue weighted by atomic mass is 32.1. The molecule has 9 heteroatoms. The Hall–Kier alpha value is -2.29. The number of carbonyl (C=O) groups is 2. The summed E-state index contributed by atoms with van der Waals surface area (Å²) in [6, 6.07) is -1.16. The maximum atomic E-state index is 11.7. The molecule has 8 nitrogen and oxygen atoms in total. The van der Waals surface area contributed by atoms with E-state index in [0.29, 0.717) is 5.56 Å². The van der Waals surface area contributed by atoms with Crippen molar-refractivity contribution in [2.45, 2.75) is 6.04 Å². The maximum Gasteiger partial charge on any atom is 0.331 e. The van der Waals surface area contributed by atoms with Crippen LogP contribution in [0.1, 0.15) is 22.1 Å². The molecule has 0 bridgehead atoms. The van der Waals surface area contributed by atoms with Gasteiger partial charge in [0, 0.05) is 18.8 Å². The molecule has 0 fully saturated rings. The van der Waals surface area contributed by atoms with Gasteiger partial charge < -0.3 is 10.4 Å². The summed E-state index contributed by atoms with van der Waals surface area (Å²) in [5.41, 5.74) is 0.483. The SMILES string of the molecule is Cn1cc(C(NC(=O)c2cnsn2)C(=O)O)cn1. The second-order valence-electron chi connectivity index (χ2n) is 3.48. The molecule has 2 heterocycles. The van der Waals surface area contributed by atoms with Crippen molar-refractivity contribution in [3.05, 3.63) is 29.8 Å². The minimum atomic E-state index is -1.17. The molecule has 2 N–H and O–H groups in total. The van der Waals surface area contributed by atoms with Crippen LogP contribution in [0.5, 0.6) is 0 Å². The number of carbonyl (C=O) groups excluding carboxylic acids is 1. The van der Waals surface area contributed by atoms with Gasteiger partial charge in [-0.2, -0.15) is 13.8 Å². The molecule has 0 spiro atoms. The van der Waals surface area contributed by atoms with Crippen molar-refractivity contribution in [2.75, 3.05) is 0 Å². The number of nitrogens with zero attached hydrogens (tertiary/aromatic N) is 4. The molecule has 2 aromatic heterocycles. The summed E-state index contributed by atoms with van der Waals surface area (Å²) in [4.78, 5) is 22.8. The number of carboxylic acid groups (broad SMARTS) is 1. The van der Waals surface area contributed by atoms with E-state index in [1.807, 2.05) is 0 Å².